The van der Waals surface area contributed by atoms with Crippen LogP contribution in [0, 0.1) is 13.8 Å². The van der Waals surface area contributed by atoms with Crippen molar-refractivity contribution in [2.75, 3.05) is 22.6 Å². The highest BCUT2D eigenvalue weighted by molar-refractivity contribution is 8.15. The minimum atomic E-state index is -5.50. The van der Waals surface area contributed by atoms with Crippen LogP contribution >= 0.6 is 11.8 Å². The summed E-state index contributed by atoms with van der Waals surface area (Å²) in [4.78, 5) is 34.2. The van der Waals surface area contributed by atoms with Gasteiger partial charge in [-0.25, -0.2) is 22.9 Å². The molecule has 2 heterocycles. The molecule has 0 unspecified atom stereocenters. The number of amidine groups is 1. The number of ether oxygens (including phenoxy) is 1. The van der Waals surface area contributed by atoms with Gasteiger partial charge in [0.1, 0.15) is 12.1 Å². The van der Waals surface area contributed by atoms with Crippen LogP contribution in [0.3, 0.4) is 0 Å². The average molecular weight is 727 g/mol. The number of thioether (sulfide) groups is 1. The monoisotopic (exact) mass is 726 g/mol. The molecule has 1 N–H and O–H groups in total. The van der Waals surface area contributed by atoms with Crippen LogP contribution in [0.15, 0.2) is 76.9 Å². The third-order valence-corrected chi connectivity index (χ3v) is 9.32. The minimum absolute atomic E-state index is 0.00169. The fourth-order valence-electron chi connectivity index (χ4n) is 4.49. The van der Waals surface area contributed by atoms with Gasteiger partial charge in [0.05, 0.1) is 35.1 Å². The Hall–Kier alpha value is -4.91. The number of amides is 3. The largest absolute Gasteiger partial charge is 0.501 e. The van der Waals surface area contributed by atoms with Gasteiger partial charge in [-0.1, -0.05) is 17.8 Å². The molecule has 0 atom stereocenters. The zero-order valence-electron chi connectivity index (χ0n) is 25.3. The van der Waals surface area contributed by atoms with Crippen molar-refractivity contribution in [3.63, 3.8) is 0 Å². The minimum Gasteiger partial charge on any atom is -0.491 e. The highest BCUT2D eigenvalue weighted by atomic mass is 32.2. The Morgan fingerprint density at radius 3 is 2.39 bits per heavy atom. The zero-order valence-corrected chi connectivity index (χ0v) is 27.0. The fraction of sp³-hybridized carbons (Fsp3) is 0.233. The van der Waals surface area contributed by atoms with Crippen molar-refractivity contribution < 1.29 is 49.1 Å². The second-order valence-electron chi connectivity index (χ2n) is 10.5. The van der Waals surface area contributed by atoms with E-state index in [-0.39, 0.29) is 33.9 Å². The molecule has 19 heteroatoms. The van der Waals surface area contributed by atoms with Gasteiger partial charge in [0.25, 0.3) is 9.84 Å². The molecule has 0 aliphatic carbocycles. The predicted octanol–water partition coefficient (Wildman–Crippen LogP) is 6.84. The number of rotatable bonds is 8. The molecule has 0 saturated carbocycles. The smallest absolute Gasteiger partial charge is 0.491 e. The molecule has 1 aromatic heterocycles. The number of aliphatic imine (C=N–C) groups is 1. The number of alkyl halides is 6. The van der Waals surface area contributed by atoms with Crippen molar-refractivity contribution in [1.29, 1.82) is 0 Å². The van der Waals surface area contributed by atoms with E-state index >= 15 is 0 Å². The maximum atomic E-state index is 13.0. The van der Waals surface area contributed by atoms with E-state index in [2.05, 4.69) is 20.4 Å². The van der Waals surface area contributed by atoms with Gasteiger partial charge in [-0.15, -0.1) is 5.10 Å². The lowest BCUT2D eigenvalue weighted by atomic mass is 10.1. The van der Waals surface area contributed by atoms with Crippen LogP contribution in [-0.4, -0.2) is 64.3 Å². The summed E-state index contributed by atoms with van der Waals surface area (Å²) in [5.74, 6) is -0.270. The normalized spacial score (nSPS) is 14.8. The van der Waals surface area contributed by atoms with Crippen LogP contribution in [-0.2, 0) is 14.6 Å². The molecular formula is C30H24F6N6O5S2. The number of aromatic nitrogens is 3. The summed E-state index contributed by atoms with van der Waals surface area (Å²) in [6.07, 6.45) is -4.34. The quantitative estimate of drug-likeness (QED) is 0.195. The summed E-state index contributed by atoms with van der Waals surface area (Å²) in [5.41, 5.74) is -2.91. The molecule has 1 aliphatic heterocycles. The Balaban J connectivity index is 1.30. The molecule has 1 aliphatic rings. The molecule has 1 saturated heterocycles. The Morgan fingerprint density at radius 2 is 1.73 bits per heavy atom. The number of carbonyl (C=O) groups excluding carboxylic acids is 2. The summed E-state index contributed by atoms with van der Waals surface area (Å²) in [5, 5.41) is 6.93. The van der Waals surface area contributed by atoms with Crippen LogP contribution in [0.2, 0.25) is 0 Å². The number of urea groups is 1. The van der Waals surface area contributed by atoms with E-state index in [4.69, 9.17) is 4.74 Å². The number of hydrogen-bond acceptors (Lipinski definition) is 8. The van der Waals surface area contributed by atoms with Crippen LogP contribution in [0.4, 0.5) is 42.5 Å². The van der Waals surface area contributed by atoms with Crippen LogP contribution in [0.25, 0.3) is 17.1 Å². The van der Waals surface area contributed by atoms with Gasteiger partial charge in [0.15, 0.2) is 11.0 Å². The average Bonchev–Trinajstić information content (AvgIpc) is 3.65. The zero-order chi connectivity index (χ0) is 35.7. The standard InChI is InChI=1S/C30H24F6N6O5S2/c1-17-3-10-24(47-12-11-29(31,32)33)23(13-17)42-25(43)15-48-28(42)39-27(44)38-22-9-4-19(14-18(22)2)26-37-16-41(40-26)20-5-7-21(8-6-20)49(45,46)30(34,35)36/h3-10,13-14,16H,11-12,15H2,1-2H3,(H,38,44). The molecule has 0 bridgehead atoms. The van der Waals surface area contributed by atoms with Gasteiger partial charge in [0, 0.05) is 11.3 Å². The van der Waals surface area contributed by atoms with Crippen LogP contribution < -0.4 is 15.0 Å². The molecule has 49 heavy (non-hydrogen) atoms. The van der Waals surface area contributed by atoms with E-state index in [1.807, 2.05) is 0 Å². The summed E-state index contributed by atoms with van der Waals surface area (Å²) in [6, 6.07) is 12.5. The third-order valence-electron chi connectivity index (χ3n) is 6.90. The predicted molar refractivity (Wildman–Crippen MR) is 169 cm³/mol. The number of halogens is 6. The van der Waals surface area contributed by atoms with Crippen LogP contribution in [0.1, 0.15) is 17.5 Å². The molecule has 3 amide bonds. The number of nitrogens with zero attached hydrogens (tertiary/aromatic N) is 5. The molecule has 4 aromatic rings. The molecule has 0 spiro atoms. The molecular weight excluding hydrogens is 702 g/mol. The van der Waals surface area contributed by atoms with Crippen molar-refractivity contribution in [3.05, 3.63) is 78.1 Å². The first-order chi connectivity index (χ1) is 22.9. The second-order valence-corrected chi connectivity index (χ2v) is 13.4. The maximum absolute atomic E-state index is 13.0. The molecule has 0 radical (unpaired) electrons. The van der Waals surface area contributed by atoms with Gasteiger partial charge in [-0.05, 0) is 79.6 Å². The maximum Gasteiger partial charge on any atom is 0.501 e. The summed E-state index contributed by atoms with van der Waals surface area (Å²) in [6.45, 7) is 2.73. The van der Waals surface area contributed by atoms with E-state index in [1.54, 1.807) is 44.2 Å². The lowest BCUT2D eigenvalue weighted by Gasteiger charge is -2.21. The Morgan fingerprint density at radius 1 is 1.02 bits per heavy atom. The van der Waals surface area contributed by atoms with Gasteiger partial charge in [-0.2, -0.15) is 31.3 Å². The highest BCUT2D eigenvalue weighted by Gasteiger charge is 2.46. The Labute approximate surface area is 278 Å². The first-order valence-electron chi connectivity index (χ1n) is 14.0. The third kappa shape index (κ3) is 8.05. The lowest BCUT2D eigenvalue weighted by molar-refractivity contribution is -0.139. The van der Waals surface area contributed by atoms with Crippen molar-refractivity contribution in [2.45, 2.75) is 36.8 Å². The van der Waals surface area contributed by atoms with Crippen molar-refractivity contribution in [1.82, 2.24) is 14.8 Å². The molecule has 5 rings (SSSR count). The number of nitrogens with one attached hydrogen (secondary N) is 1. The van der Waals surface area contributed by atoms with E-state index in [1.165, 1.54) is 17.1 Å². The highest BCUT2D eigenvalue weighted by Crippen LogP contribution is 2.36. The second kappa shape index (κ2) is 13.5. The number of hydrogen-bond donors (Lipinski definition) is 1. The van der Waals surface area contributed by atoms with Gasteiger partial charge in [0.2, 0.25) is 5.91 Å². The molecule has 3 aromatic carbocycles. The molecule has 11 nitrogen and oxygen atoms in total. The Bertz CT molecular complexity index is 2050. The topological polar surface area (TPSA) is 136 Å². The van der Waals surface area contributed by atoms with E-state index in [9.17, 15) is 44.3 Å². The Kier molecular flexibility index (Phi) is 9.78. The number of carbonyl (C=O) groups is 2. The van der Waals surface area contributed by atoms with Gasteiger partial charge in [-0.3, -0.25) is 9.69 Å². The lowest BCUT2D eigenvalue weighted by Crippen LogP contribution is -2.31. The van der Waals surface area contributed by atoms with Gasteiger partial charge < -0.3 is 10.1 Å². The summed E-state index contributed by atoms with van der Waals surface area (Å²) < 4.78 is 106. The first kappa shape index (κ1) is 35.4. The number of sulfone groups is 1. The number of aryl methyl sites for hydroxylation is 2. The van der Waals surface area contributed by atoms with Crippen LogP contribution in [0.5, 0.6) is 5.75 Å². The summed E-state index contributed by atoms with van der Waals surface area (Å²) in [7, 11) is -5.50. The van der Waals surface area contributed by atoms with E-state index < -0.39 is 51.4 Å². The molecule has 258 valence electrons. The number of benzene rings is 3. The SMILES string of the molecule is Cc1ccc(OCCC(F)(F)F)c(N2C(=O)CSC2=NC(=O)Nc2ccc(-c3ncn(-c4ccc(S(=O)(=O)C(F)(F)F)cc4)n3)cc2C)c1. The van der Waals surface area contributed by atoms with Crippen molar-refractivity contribution in [2.24, 2.45) is 4.99 Å². The molecule has 1 fully saturated rings. The fourth-order valence-corrected chi connectivity index (χ4v) is 6.11. The number of anilines is 2. The summed E-state index contributed by atoms with van der Waals surface area (Å²) >= 11 is 0.974. The van der Waals surface area contributed by atoms with E-state index in [0.717, 1.165) is 40.9 Å². The van der Waals surface area contributed by atoms with E-state index in [0.29, 0.717) is 22.4 Å². The van der Waals surface area contributed by atoms with Gasteiger partial charge >= 0.3 is 17.7 Å². The van der Waals surface area contributed by atoms with Crippen molar-refractivity contribution >= 4 is 50.1 Å². The van der Waals surface area contributed by atoms with Crippen molar-refractivity contribution in [3.8, 4) is 22.8 Å². The first-order valence-corrected chi connectivity index (χ1v) is 16.5.